The van der Waals surface area contributed by atoms with Crippen LogP contribution >= 0.6 is 24.0 Å². The fraction of sp³-hybridized carbons (Fsp3) is 0.591. The molecule has 8 heteroatoms. The van der Waals surface area contributed by atoms with Gasteiger partial charge in [0.05, 0.1) is 6.54 Å². The van der Waals surface area contributed by atoms with Gasteiger partial charge in [-0.3, -0.25) is 9.59 Å². The van der Waals surface area contributed by atoms with Gasteiger partial charge < -0.3 is 20.9 Å². The average Bonchev–Trinajstić information content (AvgIpc) is 2.73. The number of hydrogen-bond donors (Lipinski definition) is 3. The summed E-state index contributed by atoms with van der Waals surface area (Å²) in [5.41, 5.74) is 1.60. The third-order valence-electron chi connectivity index (χ3n) is 4.69. The van der Waals surface area contributed by atoms with E-state index in [9.17, 15) is 9.59 Å². The first kappa shape index (κ1) is 28.2. The highest BCUT2D eigenvalue weighted by atomic mass is 127. The van der Waals surface area contributed by atoms with Crippen LogP contribution < -0.4 is 16.0 Å². The lowest BCUT2D eigenvalue weighted by Gasteiger charge is -2.19. The Hall–Kier alpha value is -1.84. The summed E-state index contributed by atoms with van der Waals surface area (Å²) in [4.78, 5) is 30.8. The van der Waals surface area contributed by atoms with Crippen molar-refractivity contribution in [3.05, 3.63) is 35.4 Å². The van der Waals surface area contributed by atoms with Crippen LogP contribution in [0.4, 0.5) is 0 Å². The Morgan fingerprint density at radius 2 is 1.80 bits per heavy atom. The van der Waals surface area contributed by atoms with Crippen molar-refractivity contribution in [3.63, 3.8) is 0 Å². The number of nitrogens with one attached hydrogen (secondary N) is 3. The molecule has 1 atom stereocenters. The van der Waals surface area contributed by atoms with E-state index in [0.29, 0.717) is 31.0 Å². The molecule has 1 aromatic carbocycles. The van der Waals surface area contributed by atoms with Gasteiger partial charge in [0.2, 0.25) is 5.91 Å². The molecule has 1 aromatic rings. The minimum atomic E-state index is -0.0647. The van der Waals surface area contributed by atoms with Crippen LogP contribution in [0.15, 0.2) is 29.3 Å². The molecule has 1 rings (SSSR count). The predicted octanol–water partition coefficient (Wildman–Crippen LogP) is 3.15. The molecule has 0 aromatic heterocycles. The van der Waals surface area contributed by atoms with Crippen molar-refractivity contribution in [3.8, 4) is 0 Å². The number of hydrogen-bond acceptors (Lipinski definition) is 3. The summed E-state index contributed by atoms with van der Waals surface area (Å²) in [6.45, 7) is 13.2. The van der Waals surface area contributed by atoms with E-state index in [-0.39, 0.29) is 41.8 Å². The third kappa shape index (κ3) is 10.3. The van der Waals surface area contributed by atoms with Crippen LogP contribution in [-0.4, -0.2) is 54.9 Å². The maximum atomic E-state index is 12.3. The topological polar surface area (TPSA) is 85.8 Å². The molecule has 30 heavy (non-hydrogen) atoms. The van der Waals surface area contributed by atoms with E-state index < -0.39 is 0 Å². The Bertz CT molecular complexity index is 677. The van der Waals surface area contributed by atoms with Crippen molar-refractivity contribution in [1.82, 2.24) is 20.9 Å². The second-order valence-corrected chi connectivity index (χ2v) is 6.92. The molecule has 0 heterocycles. The van der Waals surface area contributed by atoms with Crippen molar-refractivity contribution in [2.75, 3.05) is 26.2 Å². The molecule has 0 radical (unpaired) electrons. The Morgan fingerprint density at radius 1 is 1.10 bits per heavy atom. The molecule has 7 nitrogen and oxygen atoms in total. The second-order valence-electron chi connectivity index (χ2n) is 6.92. The molecular formula is C22H38IN5O2. The molecule has 0 spiro atoms. The van der Waals surface area contributed by atoms with E-state index in [1.807, 2.05) is 63.8 Å². The van der Waals surface area contributed by atoms with Crippen LogP contribution in [0.1, 0.15) is 63.4 Å². The minimum absolute atomic E-state index is 0. The van der Waals surface area contributed by atoms with E-state index in [2.05, 4.69) is 20.9 Å². The molecule has 0 aliphatic heterocycles. The van der Waals surface area contributed by atoms with Crippen molar-refractivity contribution < 1.29 is 9.59 Å². The lowest BCUT2D eigenvalue weighted by atomic mass is 10.1. The van der Waals surface area contributed by atoms with Gasteiger partial charge in [0.1, 0.15) is 0 Å². The van der Waals surface area contributed by atoms with Gasteiger partial charge in [-0.05, 0) is 51.8 Å². The number of rotatable bonds is 11. The number of guanidine groups is 1. The van der Waals surface area contributed by atoms with Gasteiger partial charge in [-0.25, -0.2) is 4.99 Å². The van der Waals surface area contributed by atoms with Gasteiger partial charge >= 0.3 is 0 Å². The molecule has 0 fully saturated rings. The summed E-state index contributed by atoms with van der Waals surface area (Å²) in [5, 5.41) is 9.38. The first-order valence-electron chi connectivity index (χ1n) is 10.6. The first-order valence-corrected chi connectivity index (χ1v) is 10.6. The van der Waals surface area contributed by atoms with Crippen molar-refractivity contribution in [1.29, 1.82) is 0 Å². The van der Waals surface area contributed by atoms with E-state index in [1.165, 1.54) is 0 Å². The standard InChI is InChI=1S/C22H37N5O2.HI/c1-6-17(5)26-21(29)19-12-10-11-18(15-19)16-25-22(23-7-2)24-14-13-20(28)27(8-3)9-4;/h10-12,15,17H,6-9,13-14,16H2,1-5H3,(H,26,29)(H2,23,24,25);1H. The lowest BCUT2D eigenvalue weighted by molar-refractivity contribution is -0.130. The highest BCUT2D eigenvalue weighted by Crippen LogP contribution is 2.07. The van der Waals surface area contributed by atoms with Crippen LogP contribution in [0.2, 0.25) is 0 Å². The summed E-state index contributed by atoms with van der Waals surface area (Å²) < 4.78 is 0. The summed E-state index contributed by atoms with van der Waals surface area (Å²) >= 11 is 0. The van der Waals surface area contributed by atoms with Gasteiger partial charge in [0.15, 0.2) is 5.96 Å². The highest BCUT2D eigenvalue weighted by Gasteiger charge is 2.10. The molecule has 0 bridgehead atoms. The monoisotopic (exact) mass is 531 g/mol. The quantitative estimate of drug-likeness (QED) is 0.233. The summed E-state index contributed by atoms with van der Waals surface area (Å²) in [6, 6.07) is 7.66. The Labute approximate surface area is 198 Å². The van der Waals surface area contributed by atoms with Gasteiger partial charge in [-0.1, -0.05) is 19.1 Å². The molecule has 0 saturated heterocycles. The highest BCUT2D eigenvalue weighted by molar-refractivity contribution is 14.0. The molecule has 0 aliphatic carbocycles. The Morgan fingerprint density at radius 3 is 2.40 bits per heavy atom. The lowest BCUT2D eigenvalue weighted by Crippen LogP contribution is -2.40. The normalized spacial score (nSPS) is 11.8. The van der Waals surface area contributed by atoms with Crippen molar-refractivity contribution in [2.45, 2.75) is 60.0 Å². The van der Waals surface area contributed by atoms with E-state index in [1.54, 1.807) is 0 Å². The van der Waals surface area contributed by atoms with Gasteiger partial charge in [-0.15, -0.1) is 24.0 Å². The van der Waals surface area contributed by atoms with Crippen LogP contribution in [0, 0.1) is 0 Å². The predicted molar refractivity (Wildman–Crippen MR) is 134 cm³/mol. The van der Waals surface area contributed by atoms with Crippen molar-refractivity contribution >= 4 is 41.8 Å². The third-order valence-corrected chi connectivity index (χ3v) is 4.69. The largest absolute Gasteiger partial charge is 0.357 e. The summed E-state index contributed by atoms with van der Waals surface area (Å²) in [5.74, 6) is 0.734. The fourth-order valence-electron chi connectivity index (χ4n) is 2.75. The smallest absolute Gasteiger partial charge is 0.251 e. The zero-order valence-corrected chi connectivity index (χ0v) is 21.3. The average molecular weight is 531 g/mol. The first-order chi connectivity index (χ1) is 13.9. The molecule has 0 saturated carbocycles. The Balaban J connectivity index is 0.00000841. The number of benzene rings is 1. The zero-order chi connectivity index (χ0) is 21.6. The SMILES string of the molecule is CCNC(=NCc1cccc(C(=O)NC(C)CC)c1)NCCC(=O)N(CC)CC.I. The zero-order valence-electron chi connectivity index (χ0n) is 19.0. The molecule has 170 valence electrons. The molecule has 3 N–H and O–H groups in total. The van der Waals surface area contributed by atoms with Crippen molar-refractivity contribution in [2.24, 2.45) is 4.99 Å². The van der Waals surface area contributed by atoms with E-state index >= 15 is 0 Å². The second kappa shape index (κ2) is 15.9. The molecule has 0 aliphatic rings. The van der Waals surface area contributed by atoms with Crippen LogP contribution in [0.5, 0.6) is 0 Å². The minimum Gasteiger partial charge on any atom is -0.357 e. The van der Waals surface area contributed by atoms with Gasteiger partial charge in [-0.2, -0.15) is 0 Å². The number of halogens is 1. The number of aliphatic imine (C=N–C) groups is 1. The van der Waals surface area contributed by atoms with Crippen LogP contribution in [-0.2, 0) is 11.3 Å². The number of amides is 2. The van der Waals surface area contributed by atoms with Gasteiger partial charge in [0.25, 0.3) is 5.91 Å². The maximum absolute atomic E-state index is 12.3. The van der Waals surface area contributed by atoms with Crippen LogP contribution in [0.3, 0.4) is 0 Å². The summed E-state index contributed by atoms with van der Waals surface area (Å²) in [6.07, 6.45) is 1.32. The number of carbonyl (C=O) groups excluding carboxylic acids is 2. The summed E-state index contributed by atoms with van der Waals surface area (Å²) in [7, 11) is 0. The Kier molecular flexibility index (Phi) is 15.0. The van der Waals surface area contributed by atoms with E-state index in [0.717, 1.165) is 31.6 Å². The van der Waals surface area contributed by atoms with Crippen LogP contribution in [0.25, 0.3) is 0 Å². The number of nitrogens with zero attached hydrogens (tertiary/aromatic N) is 2. The van der Waals surface area contributed by atoms with Gasteiger partial charge in [0, 0.05) is 44.2 Å². The van der Waals surface area contributed by atoms with E-state index in [4.69, 9.17) is 0 Å². The molecule has 2 amide bonds. The molecule has 1 unspecified atom stereocenters. The number of carbonyl (C=O) groups is 2. The fourth-order valence-corrected chi connectivity index (χ4v) is 2.75. The molecular weight excluding hydrogens is 493 g/mol. The maximum Gasteiger partial charge on any atom is 0.251 e.